The molecule has 2 heterocycles. The van der Waals surface area contributed by atoms with E-state index in [0.29, 0.717) is 15.8 Å². The van der Waals surface area contributed by atoms with Crippen LogP contribution in [0.3, 0.4) is 0 Å². The number of sulfone groups is 1. The number of carbonyl (C=O) groups is 2. The van der Waals surface area contributed by atoms with E-state index in [2.05, 4.69) is 38.0 Å². The van der Waals surface area contributed by atoms with Gasteiger partial charge in [0, 0.05) is 18.1 Å². The molecule has 13 heteroatoms. The van der Waals surface area contributed by atoms with E-state index in [1.807, 2.05) is 24.3 Å². The van der Waals surface area contributed by atoms with Crippen LogP contribution in [-0.4, -0.2) is 46.9 Å². The number of anilines is 2. The van der Waals surface area contributed by atoms with Gasteiger partial charge in [0.2, 0.25) is 22.1 Å². The standard InChI is InChI=1S/C29H32N6O4S3/c1-3-18-7-9-19(10-8-18)15-24(36)30-28-34-32-26(40-28)21-5-4-6-22(17-21)27-33-35-29(41-27)31-25(37)16-20-11-13-23(14-12-20)42(2,38)39/h7-14,21-22H,3-6,15-17H2,1-2H3,(H,30,34,36)(H,31,35,37)/t21-,22-/m1/s1. The molecule has 220 valence electrons. The zero-order valence-corrected chi connectivity index (χ0v) is 25.8. The van der Waals surface area contributed by atoms with Crippen molar-refractivity contribution in [2.75, 3.05) is 16.9 Å². The summed E-state index contributed by atoms with van der Waals surface area (Å²) in [7, 11) is -3.28. The van der Waals surface area contributed by atoms with Gasteiger partial charge in [0.25, 0.3) is 0 Å². The molecule has 2 aromatic heterocycles. The van der Waals surface area contributed by atoms with Crippen LogP contribution in [0.25, 0.3) is 0 Å². The average Bonchev–Trinajstić information content (AvgIpc) is 3.63. The molecule has 4 aromatic rings. The van der Waals surface area contributed by atoms with Gasteiger partial charge in [0.1, 0.15) is 10.0 Å². The molecule has 42 heavy (non-hydrogen) atoms. The SMILES string of the molecule is CCc1ccc(CC(=O)Nc2nnc([C@@H]3CCC[C@@H](c4nnc(NC(=O)Cc5ccc(S(C)(=O)=O)cc5)s4)C3)s2)cc1. The van der Waals surface area contributed by atoms with E-state index in [-0.39, 0.29) is 41.4 Å². The number of carbonyl (C=O) groups excluding carboxylic acids is 2. The number of hydrogen-bond donors (Lipinski definition) is 2. The number of aromatic nitrogens is 4. The van der Waals surface area contributed by atoms with E-state index >= 15 is 0 Å². The monoisotopic (exact) mass is 624 g/mol. The first-order valence-corrected chi connectivity index (χ1v) is 17.3. The first kappa shape index (κ1) is 29.9. The van der Waals surface area contributed by atoms with Crippen LogP contribution in [0.5, 0.6) is 0 Å². The fourth-order valence-corrected chi connectivity index (χ4v) is 7.43. The molecule has 0 bridgehead atoms. The van der Waals surface area contributed by atoms with E-state index in [9.17, 15) is 18.0 Å². The second kappa shape index (κ2) is 13.2. The van der Waals surface area contributed by atoms with Crippen LogP contribution in [0.1, 0.15) is 71.1 Å². The first-order chi connectivity index (χ1) is 20.2. The summed E-state index contributed by atoms with van der Waals surface area (Å²) in [6.07, 6.45) is 6.33. The van der Waals surface area contributed by atoms with Gasteiger partial charge in [0.15, 0.2) is 9.84 Å². The average molecular weight is 625 g/mol. The highest BCUT2D eigenvalue weighted by Gasteiger charge is 2.29. The van der Waals surface area contributed by atoms with Crippen molar-refractivity contribution in [3.05, 3.63) is 75.2 Å². The van der Waals surface area contributed by atoms with Gasteiger partial charge in [0.05, 0.1) is 17.7 Å². The minimum absolute atomic E-state index is 0.103. The number of nitrogens with one attached hydrogen (secondary N) is 2. The Bertz CT molecular complexity index is 1650. The molecule has 0 spiro atoms. The Balaban J connectivity index is 1.13. The molecule has 1 saturated carbocycles. The number of aryl methyl sites for hydroxylation is 1. The summed E-state index contributed by atoms with van der Waals surface area (Å²) >= 11 is 2.80. The highest BCUT2D eigenvalue weighted by atomic mass is 32.2. The third-order valence-electron chi connectivity index (χ3n) is 7.26. The molecule has 1 aliphatic carbocycles. The Morgan fingerprint density at radius 3 is 1.67 bits per heavy atom. The lowest BCUT2D eigenvalue weighted by Crippen LogP contribution is -2.14. The maximum atomic E-state index is 12.6. The summed E-state index contributed by atoms with van der Waals surface area (Å²) in [5.74, 6) is 0.0550. The maximum Gasteiger partial charge on any atom is 0.230 e. The maximum absolute atomic E-state index is 12.6. The summed E-state index contributed by atoms with van der Waals surface area (Å²) < 4.78 is 23.3. The quantitative estimate of drug-likeness (QED) is 0.246. The minimum Gasteiger partial charge on any atom is -0.300 e. The molecule has 1 fully saturated rings. The molecular formula is C29H32N6O4S3. The van der Waals surface area contributed by atoms with Crippen LogP contribution in [0, 0.1) is 0 Å². The van der Waals surface area contributed by atoms with Gasteiger partial charge in [-0.1, -0.05) is 72.4 Å². The number of rotatable bonds is 10. The van der Waals surface area contributed by atoms with E-state index in [4.69, 9.17) is 0 Å². The normalized spacial score (nSPS) is 17.1. The Morgan fingerprint density at radius 1 is 0.762 bits per heavy atom. The van der Waals surface area contributed by atoms with Gasteiger partial charge in [-0.2, -0.15) is 0 Å². The summed E-state index contributed by atoms with van der Waals surface area (Å²) in [4.78, 5) is 25.3. The lowest BCUT2D eigenvalue weighted by molar-refractivity contribution is -0.116. The zero-order chi connectivity index (χ0) is 29.7. The largest absolute Gasteiger partial charge is 0.300 e. The molecular weight excluding hydrogens is 593 g/mol. The van der Waals surface area contributed by atoms with Crippen molar-refractivity contribution in [2.45, 2.75) is 68.6 Å². The Morgan fingerprint density at radius 2 is 1.21 bits per heavy atom. The van der Waals surface area contributed by atoms with Crippen LogP contribution in [0.2, 0.25) is 0 Å². The van der Waals surface area contributed by atoms with Crippen molar-refractivity contribution < 1.29 is 18.0 Å². The molecule has 2 aromatic carbocycles. The Labute approximate surface area is 252 Å². The van der Waals surface area contributed by atoms with Crippen LogP contribution in [0.4, 0.5) is 10.3 Å². The second-order valence-corrected chi connectivity index (χ2v) is 14.5. The highest BCUT2D eigenvalue weighted by molar-refractivity contribution is 7.90. The lowest BCUT2D eigenvalue weighted by atomic mass is 9.82. The molecule has 0 radical (unpaired) electrons. The molecule has 0 aliphatic heterocycles. The molecule has 2 atom stereocenters. The van der Waals surface area contributed by atoms with Crippen molar-refractivity contribution >= 4 is 54.6 Å². The van der Waals surface area contributed by atoms with Crippen molar-refractivity contribution in [2.24, 2.45) is 0 Å². The van der Waals surface area contributed by atoms with Crippen LogP contribution in [0.15, 0.2) is 53.4 Å². The molecule has 2 amide bonds. The summed E-state index contributed by atoms with van der Waals surface area (Å²) in [6, 6.07) is 14.3. The van der Waals surface area contributed by atoms with Gasteiger partial charge in [-0.05, 0) is 54.5 Å². The predicted molar refractivity (Wildman–Crippen MR) is 164 cm³/mol. The van der Waals surface area contributed by atoms with Gasteiger partial charge in [-0.15, -0.1) is 20.4 Å². The van der Waals surface area contributed by atoms with Crippen molar-refractivity contribution in [1.29, 1.82) is 0 Å². The third kappa shape index (κ3) is 7.84. The number of benzene rings is 2. The van der Waals surface area contributed by atoms with Crippen LogP contribution < -0.4 is 10.6 Å². The predicted octanol–water partition coefficient (Wildman–Crippen LogP) is 5.16. The summed E-state index contributed by atoms with van der Waals surface area (Å²) in [5.41, 5.74) is 2.91. The molecule has 2 N–H and O–H groups in total. The van der Waals surface area contributed by atoms with Gasteiger partial charge >= 0.3 is 0 Å². The molecule has 10 nitrogen and oxygen atoms in total. The first-order valence-electron chi connectivity index (χ1n) is 13.8. The van der Waals surface area contributed by atoms with Crippen molar-refractivity contribution in [3.63, 3.8) is 0 Å². The Kier molecular flexibility index (Phi) is 9.39. The van der Waals surface area contributed by atoms with E-state index in [0.717, 1.165) is 53.9 Å². The van der Waals surface area contributed by atoms with E-state index < -0.39 is 9.84 Å². The van der Waals surface area contributed by atoms with Gasteiger partial charge in [-0.25, -0.2) is 8.42 Å². The number of hydrogen-bond acceptors (Lipinski definition) is 10. The van der Waals surface area contributed by atoms with Crippen LogP contribution >= 0.6 is 22.7 Å². The molecule has 0 unspecified atom stereocenters. The number of amides is 2. The van der Waals surface area contributed by atoms with Crippen molar-refractivity contribution in [3.8, 4) is 0 Å². The minimum atomic E-state index is -3.28. The van der Waals surface area contributed by atoms with E-state index in [1.165, 1.54) is 40.4 Å². The Hall–Kier alpha value is -3.55. The third-order valence-corrected chi connectivity index (χ3v) is 10.4. The van der Waals surface area contributed by atoms with E-state index in [1.54, 1.807) is 12.1 Å². The molecule has 1 aliphatic rings. The second-order valence-electron chi connectivity index (χ2n) is 10.5. The highest BCUT2D eigenvalue weighted by Crippen LogP contribution is 2.43. The molecule has 0 saturated heterocycles. The van der Waals surface area contributed by atoms with Gasteiger partial charge < -0.3 is 10.6 Å². The smallest absolute Gasteiger partial charge is 0.230 e. The lowest BCUT2D eigenvalue weighted by Gasteiger charge is -2.25. The summed E-state index contributed by atoms with van der Waals surface area (Å²) in [5, 5.41) is 25.6. The van der Waals surface area contributed by atoms with Crippen molar-refractivity contribution in [1.82, 2.24) is 20.4 Å². The topological polar surface area (TPSA) is 144 Å². The van der Waals surface area contributed by atoms with Crippen LogP contribution in [-0.2, 0) is 38.7 Å². The fraction of sp³-hybridized carbons (Fsp3) is 0.379. The molecule has 5 rings (SSSR count). The van der Waals surface area contributed by atoms with Gasteiger partial charge in [-0.3, -0.25) is 9.59 Å². The zero-order valence-electron chi connectivity index (χ0n) is 23.4. The summed E-state index contributed by atoms with van der Waals surface area (Å²) in [6.45, 7) is 2.10. The fourth-order valence-electron chi connectivity index (χ4n) is 4.98. The number of nitrogens with zero attached hydrogens (tertiary/aromatic N) is 4.